The Kier molecular flexibility index (Phi) is 3.70. The summed E-state index contributed by atoms with van der Waals surface area (Å²) in [6, 6.07) is 7.34. The Morgan fingerprint density at radius 1 is 1.29 bits per heavy atom. The van der Waals surface area contributed by atoms with Crippen LogP contribution in [0, 0.1) is 0 Å². The summed E-state index contributed by atoms with van der Waals surface area (Å²) in [5.74, 6) is -0.145. The number of carbonyl (C=O) groups is 1. The molecule has 6 nitrogen and oxygen atoms in total. The first-order valence-electron chi connectivity index (χ1n) is 7.14. The van der Waals surface area contributed by atoms with Crippen molar-refractivity contribution in [2.24, 2.45) is 0 Å². The summed E-state index contributed by atoms with van der Waals surface area (Å²) in [5.41, 5.74) is 0.774. The molecule has 0 spiro atoms. The highest BCUT2D eigenvalue weighted by atomic mass is 16.3. The molecule has 0 bridgehead atoms. The van der Waals surface area contributed by atoms with E-state index in [4.69, 9.17) is 0 Å². The van der Waals surface area contributed by atoms with Crippen molar-refractivity contribution in [1.29, 1.82) is 0 Å². The Bertz CT molecular complexity index is 601. The molecule has 1 aliphatic carbocycles. The van der Waals surface area contributed by atoms with E-state index in [1.165, 1.54) is 0 Å². The van der Waals surface area contributed by atoms with Crippen molar-refractivity contribution in [3.05, 3.63) is 36.7 Å². The minimum Gasteiger partial charge on any atom is -0.389 e. The van der Waals surface area contributed by atoms with Crippen LogP contribution >= 0.6 is 0 Å². The van der Waals surface area contributed by atoms with E-state index >= 15 is 0 Å². The largest absolute Gasteiger partial charge is 0.389 e. The van der Waals surface area contributed by atoms with Crippen molar-refractivity contribution in [2.75, 3.05) is 5.32 Å². The summed E-state index contributed by atoms with van der Waals surface area (Å²) in [7, 11) is 0. The van der Waals surface area contributed by atoms with Crippen LogP contribution in [0.15, 0.2) is 36.7 Å². The van der Waals surface area contributed by atoms with E-state index in [9.17, 15) is 9.90 Å². The normalized spacial score (nSPS) is 16.8. The quantitative estimate of drug-likeness (QED) is 0.899. The maximum Gasteiger partial charge on any atom is 0.227 e. The number of carbonyl (C=O) groups excluding carboxylic acids is 1. The van der Waals surface area contributed by atoms with Gasteiger partial charge in [0.25, 0.3) is 0 Å². The lowest BCUT2D eigenvalue weighted by atomic mass is 9.97. The van der Waals surface area contributed by atoms with Crippen LogP contribution in [0.2, 0.25) is 0 Å². The molecule has 2 aromatic rings. The molecule has 0 radical (unpaired) electrons. The first kappa shape index (κ1) is 13.8. The monoisotopic (exact) mass is 286 g/mol. The Morgan fingerprint density at radius 3 is 2.62 bits per heavy atom. The molecule has 3 rings (SSSR count). The van der Waals surface area contributed by atoms with Crippen molar-refractivity contribution in [1.82, 2.24) is 15.0 Å². The van der Waals surface area contributed by atoms with E-state index in [-0.39, 0.29) is 12.3 Å². The number of hydrogen-bond acceptors (Lipinski definition) is 4. The fourth-order valence-corrected chi connectivity index (χ4v) is 2.76. The van der Waals surface area contributed by atoms with Gasteiger partial charge in [-0.3, -0.25) is 4.79 Å². The number of benzene rings is 1. The second kappa shape index (κ2) is 5.65. The van der Waals surface area contributed by atoms with Gasteiger partial charge in [0.2, 0.25) is 5.91 Å². The van der Waals surface area contributed by atoms with Crippen LogP contribution in [0.4, 0.5) is 5.69 Å². The predicted molar refractivity (Wildman–Crippen MR) is 78.0 cm³/mol. The van der Waals surface area contributed by atoms with Gasteiger partial charge in [-0.15, -0.1) is 5.10 Å². The summed E-state index contributed by atoms with van der Waals surface area (Å²) >= 11 is 0. The number of nitrogens with one attached hydrogen (secondary N) is 1. The van der Waals surface area contributed by atoms with Gasteiger partial charge in [-0.2, -0.15) is 0 Å². The first-order chi connectivity index (χ1) is 10.1. The van der Waals surface area contributed by atoms with Crippen LogP contribution in [0.1, 0.15) is 32.1 Å². The molecule has 0 aliphatic heterocycles. The molecule has 110 valence electrons. The zero-order valence-electron chi connectivity index (χ0n) is 11.7. The Balaban J connectivity index is 1.61. The third kappa shape index (κ3) is 3.28. The van der Waals surface area contributed by atoms with E-state index in [0.29, 0.717) is 18.5 Å². The zero-order valence-corrected chi connectivity index (χ0v) is 11.7. The molecular formula is C15H18N4O2. The van der Waals surface area contributed by atoms with Crippen molar-refractivity contribution < 1.29 is 9.90 Å². The van der Waals surface area contributed by atoms with E-state index in [1.54, 1.807) is 17.1 Å². The van der Waals surface area contributed by atoms with Crippen LogP contribution in [0.25, 0.3) is 5.69 Å². The predicted octanol–water partition coefficient (Wildman–Crippen LogP) is 1.90. The average Bonchev–Trinajstić information content (AvgIpc) is 3.11. The smallest absolute Gasteiger partial charge is 0.227 e. The first-order valence-corrected chi connectivity index (χ1v) is 7.14. The second-order valence-corrected chi connectivity index (χ2v) is 5.55. The second-order valence-electron chi connectivity index (χ2n) is 5.55. The number of aliphatic hydroxyl groups is 1. The molecule has 1 amide bonds. The number of rotatable bonds is 4. The van der Waals surface area contributed by atoms with Crippen LogP contribution < -0.4 is 5.32 Å². The minimum atomic E-state index is -0.815. The van der Waals surface area contributed by atoms with Gasteiger partial charge in [0, 0.05) is 5.69 Å². The maximum atomic E-state index is 12.0. The fraction of sp³-hybridized carbons (Fsp3) is 0.400. The standard InChI is InChI=1S/C15H18N4O2/c20-14(11-15(21)7-1-2-8-15)17-12-3-5-13(6-4-12)19-10-9-16-18-19/h3-6,9-10,21H,1-2,7-8,11H2,(H,17,20). The summed E-state index contributed by atoms with van der Waals surface area (Å²) in [6.07, 6.45) is 6.95. The summed E-state index contributed by atoms with van der Waals surface area (Å²) in [5, 5.41) is 20.7. The third-order valence-corrected chi connectivity index (χ3v) is 3.86. The molecule has 0 unspecified atom stereocenters. The molecule has 0 saturated heterocycles. The Morgan fingerprint density at radius 2 is 2.00 bits per heavy atom. The van der Waals surface area contributed by atoms with Gasteiger partial charge in [0.05, 0.1) is 30.1 Å². The molecule has 1 aromatic carbocycles. The molecule has 2 N–H and O–H groups in total. The van der Waals surface area contributed by atoms with Crippen LogP contribution in [-0.2, 0) is 4.79 Å². The molecule has 6 heteroatoms. The van der Waals surface area contributed by atoms with Gasteiger partial charge < -0.3 is 10.4 Å². The molecule has 1 saturated carbocycles. The number of anilines is 1. The molecule has 1 aromatic heterocycles. The van der Waals surface area contributed by atoms with E-state index in [0.717, 1.165) is 18.5 Å². The lowest BCUT2D eigenvalue weighted by molar-refractivity contribution is -0.120. The Labute approximate surface area is 122 Å². The van der Waals surface area contributed by atoms with Crippen LogP contribution in [0.3, 0.4) is 0 Å². The Hall–Kier alpha value is -2.21. The number of nitrogens with zero attached hydrogens (tertiary/aromatic N) is 3. The van der Waals surface area contributed by atoms with Gasteiger partial charge in [0.1, 0.15) is 0 Å². The zero-order chi connectivity index (χ0) is 14.7. The molecule has 1 fully saturated rings. The lowest BCUT2D eigenvalue weighted by Gasteiger charge is -2.21. The van der Waals surface area contributed by atoms with Crippen LogP contribution in [-0.4, -0.2) is 31.6 Å². The average molecular weight is 286 g/mol. The van der Waals surface area contributed by atoms with Gasteiger partial charge >= 0.3 is 0 Å². The van der Waals surface area contributed by atoms with Gasteiger partial charge in [-0.25, -0.2) is 4.68 Å². The third-order valence-electron chi connectivity index (χ3n) is 3.86. The summed E-state index contributed by atoms with van der Waals surface area (Å²) in [6.45, 7) is 0. The van der Waals surface area contributed by atoms with E-state index in [1.807, 2.05) is 24.3 Å². The number of amides is 1. The van der Waals surface area contributed by atoms with Crippen molar-refractivity contribution in [2.45, 2.75) is 37.7 Å². The van der Waals surface area contributed by atoms with Crippen molar-refractivity contribution in [3.63, 3.8) is 0 Å². The highest BCUT2D eigenvalue weighted by Gasteiger charge is 2.33. The van der Waals surface area contributed by atoms with Gasteiger partial charge in [0.15, 0.2) is 0 Å². The topological polar surface area (TPSA) is 80.0 Å². The molecular weight excluding hydrogens is 268 g/mol. The fourth-order valence-electron chi connectivity index (χ4n) is 2.76. The van der Waals surface area contributed by atoms with Gasteiger partial charge in [-0.1, -0.05) is 18.1 Å². The number of aromatic nitrogens is 3. The van der Waals surface area contributed by atoms with Crippen LogP contribution in [0.5, 0.6) is 0 Å². The lowest BCUT2D eigenvalue weighted by Crippen LogP contribution is -2.30. The molecule has 1 heterocycles. The summed E-state index contributed by atoms with van der Waals surface area (Å²) in [4.78, 5) is 12.0. The van der Waals surface area contributed by atoms with Crippen molar-refractivity contribution in [3.8, 4) is 5.69 Å². The van der Waals surface area contributed by atoms with E-state index < -0.39 is 5.60 Å². The minimum absolute atomic E-state index is 0.145. The number of hydrogen-bond donors (Lipinski definition) is 2. The highest BCUT2D eigenvalue weighted by molar-refractivity contribution is 5.91. The summed E-state index contributed by atoms with van der Waals surface area (Å²) < 4.78 is 1.65. The van der Waals surface area contributed by atoms with Crippen molar-refractivity contribution >= 4 is 11.6 Å². The molecule has 1 aliphatic rings. The molecule has 21 heavy (non-hydrogen) atoms. The maximum absolute atomic E-state index is 12.0. The SMILES string of the molecule is O=C(CC1(O)CCCC1)Nc1ccc(-n2ccnn2)cc1. The van der Waals surface area contributed by atoms with E-state index in [2.05, 4.69) is 15.6 Å². The highest BCUT2D eigenvalue weighted by Crippen LogP contribution is 2.32. The molecule has 0 atom stereocenters. The van der Waals surface area contributed by atoms with Gasteiger partial charge in [-0.05, 0) is 37.1 Å².